The van der Waals surface area contributed by atoms with Gasteiger partial charge in [-0.1, -0.05) is 18.2 Å². The highest BCUT2D eigenvalue weighted by Crippen LogP contribution is 2.21. The summed E-state index contributed by atoms with van der Waals surface area (Å²) in [7, 11) is 0. The summed E-state index contributed by atoms with van der Waals surface area (Å²) >= 11 is 0. The summed E-state index contributed by atoms with van der Waals surface area (Å²) in [4.78, 5) is 4.63. The normalized spacial score (nSPS) is 13.0. The Kier molecular flexibility index (Phi) is 2.92. The first-order chi connectivity index (χ1) is 7.58. The van der Waals surface area contributed by atoms with E-state index in [4.69, 9.17) is 5.73 Å². The smallest absolute Gasteiger partial charge is 0.0740 e. The number of hydrogen-bond acceptors (Lipinski definition) is 2. The third-order valence-electron chi connectivity index (χ3n) is 2.80. The van der Waals surface area contributed by atoms with E-state index in [1.165, 1.54) is 16.5 Å². The molecule has 0 fully saturated rings. The zero-order chi connectivity index (χ0) is 11.7. The lowest BCUT2D eigenvalue weighted by Gasteiger charge is -2.10. The van der Waals surface area contributed by atoms with Gasteiger partial charge in [-0.05, 0) is 44.4 Å². The molecule has 2 aromatic rings. The van der Waals surface area contributed by atoms with Gasteiger partial charge in [-0.2, -0.15) is 0 Å². The summed E-state index contributed by atoms with van der Waals surface area (Å²) in [5.41, 5.74) is 10.6. The summed E-state index contributed by atoms with van der Waals surface area (Å²) in [6.45, 7) is 6.20. The van der Waals surface area contributed by atoms with E-state index in [-0.39, 0.29) is 6.04 Å². The third-order valence-corrected chi connectivity index (χ3v) is 2.80. The van der Waals surface area contributed by atoms with Crippen molar-refractivity contribution in [2.24, 2.45) is 5.73 Å². The van der Waals surface area contributed by atoms with Crippen molar-refractivity contribution in [1.82, 2.24) is 4.98 Å². The Morgan fingerprint density at radius 1 is 1.31 bits per heavy atom. The second kappa shape index (κ2) is 4.22. The first kappa shape index (κ1) is 11.1. The van der Waals surface area contributed by atoms with E-state index >= 15 is 0 Å². The molecule has 84 valence electrons. The molecule has 16 heavy (non-hydrogen) atoms. The van der Waals surface area contributed by atoms with Gasteiger partial charge in [-0.15, -0.1) is 0 Å². The number of pyridine rings is 1. The quantitative estimate of drug-likeness (QED) is 0.834. The van der Waals surface area contributed by atoms with Crippen LogP contribution in [0.4, 0.5) is 0 Å². The summed E-state index contributed by atoms with van der Waals surface area (Å²) in [5, 5.41) is 1.24. The molecule has 2 nitrogen and oxygen atoms in total. The van der Waals surface area contributed by atoms with Gasteiger partial charge in [-0.3, -0.25) is 4.98 Å². The molecule has 1 heterocycles. The molecule has 0 aliphatic rings. The number of nitrogens with zero attached hydrogens (tertiary/aromatic N) is 1. The van der Waals surface area contributed by atoms with Crippen LogP contribution in [0.15, 0.2) is 24.3 Å². The topological polar surface area (TPSA) is 38.9 Å². The van der Waals surface area contributed by atoms with Crippen LogP contribution in [0.5, 0.6) is 0 Å². The van der Waals surface area contributed by atoms with Gasteiger partial charge in [0.2, 0.25) is 0 Å². The Hall–Kier alpha value is -1.41. The molecular weight excluding hydrogens is 196 g/mol. The minimum Gasteiger partial charge on any atom is -0.328 e. The number of hydrogen-bond donors (Lipinski definition) is 1. The van der Waals surface area contributed by atoms with Crippen molar-refractivity contribution in [3.8, 4) is 0 Å². The molecule has 1 unspecified atom stereocenters. The van der Waals surface area contributed by atoms with E-state index in [2.05, 4.69) is 36.2 Å². The van der Waals surface area contributed by atoms with Crippen molar-refractivity contribution >= 4 is 10.9 Å². The number of benzene rings is 1. The summed E-state index contributed by atoms with van der Waals surface area (Å²) in [6.07, 6.45) is 0.882. The Morgan fingerprint density at radius 3 is 2.75 bits per heavy atom. The number of aromatic nitrogens is 1. The second-order valence-electron chi connectivity index (χ2n) is 4.58. The zero-order valence-corrected chi connectivity index (χ0v) is 10.1. The fourth-order valence-corrected chi connectivity index (χ4v) is 2.15. The minimum absolute atomic E-state index is 0.174. The van der Waals surface area contributed by atoms with Crippen LogP contribution in [-0.4, -0.2) is 11.0 Å². The van der Waals surface area contributed by atoms with Gasteiger partial charge in [-0.25, -0.2) is 0 Å². The van der Waals surface area contributed by atoms with Gasteiger partial charge in [0.15, 0.2) is 0 Å². The van der Waals surface area contributed by atoms with Gasteiger partial charge >= 0.3 is 0 Å². The molecule has 0 aliphatic heterocycles. The van der Waals surface area contributed by atoms with Crippen molar-refractivity contribution in [2.45, 2.75) is 33.2 Å². The van der Waals surface area contributed by atoms with Crippen LogP contribution in [0.3, 0.4) is 0 Å². The van der Waals surface area contributed by atoms with E-state index in [1.807, 2.05) is 13.8 Å². The Morgan fingerprint density at radius 2 is 2.06 bits per heavy atom. The molecule has 0 spiro atoms. The molecule has 2 heteroatoms. The van der Waals surface area contributed by atoms with E-state index in [0.717, 1.165) is 17.6 Å². The van der Waals surface area contributed by atoms with Crippen LogP contribution >= 0.6 is 0 Å². The molecule has 0 saturated heterocycles. The molecule has 0 radical (unpaired) electrons. The molecule has 0 aliphatic carbocycles. The Labute approximate surface area is 96.5 Å². The van der Waals surface area contributed by atoms with E-state index < -0.39 is 0 Å². The number of nitrogens with two attached hydrogens (primary N) is 1. The van der Waals surface area contributed by atoms with Gasteiger partial charge in [0, 0.05) is 17.1 Å². The fraction of sp³-hybridized carbons (Fsp3) is 0.357. The summed E-state index contributed by atoms with van der Waals surface area (Å²) < 4.78 is 0. The number of fused-ring (bicyclic) bond motifs is 1. The molecule has 2 rings (SSSR count). The van der Waals surface area contributed by atoms with Crippen molar-refractivity contribution in [2.75, 3.05) is 0 Å². The van der Waals surface area contributed by atoms with Crippen molar-refractivity contribution in [1.29, 1.82) is 0 Å². The number of rotatable bonds is 2. The Balaban J connectivity index is 2.66. The van der Waals surface area contributed by atoms with Crippen molar-refractivity contribution in [3.63, 3.8) is 0 Å². The molecule has 0 saturated carbocycles. The van der Waals surface area contributed by atoms with Crippen LogP contribution < -0.4 is 5.73 Å². The van der Waals surface area contributed by atoms with Crippen LogP contribution in [0.2, 0.25) is 0 Å². The monoisotopic (exact) mass is 214 g/mol. The summed E-state index contributed by atoms with van der Waals surface area (Å²) in [5.74, 6) is 0. The predicted octanol–water partition coefficient (Wildman–Crippen LogP) is 2.74. The van der Waals surface area contributed by atoms with Gasteiger partial charge in [0.1, 0.15) is 0 Å². The molecule has 1 atom stereocenters. The largest absolute Gasteiger partial charge is 0.328 e. The van der Waals surface area contributed by atoms with E-state index in [9.17, 15) is 0 Å². The lowest BCUT2D eigenvalue weighted by Crippen LogP contribution is -2.18. The maximum absolute atomic E-state index is 5.86. The predicted molar refractivity (Wildman–Crippen MR) is 68.6 cm³/mol. The zero-order valence-electron chi connectivity index (χ0n) is 10.1. The van der Waals surface area contributed by atoms with Gasteiger partial charge in [0.25, 0.3) is 0 Å². The highest BCUT2D eigenvalue weighted by molar-refractivity contribution is 5.85. The molecule has 1 aromatic carbocycles. The SMILES string of the molecule is Cc1cc(C)c2cccc(CC(C)N)c2n1. The number of aryl methyl sites for hydroxylation is 2. The van der Waals surface area contributed by atoms with E-state index in [1.54, 1.807) is 0 Å². The van der Waals surface area contributed by atoms with Crippen LogP contribution in [0.25, 0.3) is 10.9 Å². The van der Waals surface area contributed by atoms with Crippen molar-refractivity contribution < 1.29 is 0 Å². The standard InChI is InChI=1S/C14H18N2/c1-9-7-11(3)16-14-12(8-10(2)15)5-4-6-13(9)14/h4-7,10H,8,15H2,1-3H3. The molecule has 0 bridgehead atoms. The minimum atomic E-state index is 0.174. The van der Waals surface area contributed by atoms with Crippen LogP contribution in [-0.2, 0) is 6.42 Å². The first-order valence-electron chi connectivity index (χ1n) is 5.69. The summed E-state index contributed by atoms with van der Waals surface area (Å²) in [6, 6.07) is 8.63. The molecule has 0 amide bonds. The molecule has 1 aromatic heterocycles. The average molecular weight is 214 g/mol. The maximum atomic E-state index is 5.86. The fourth-order valence-electron chi connectivity index (χ4n) is 2.15. The lowest BCUT2D eigenvalue weighted by atomic mass is 10.0. The highest BCUT2D eigenvalue weighted by atomic mass is 14.7. The van der Waals surface area contributed by atoms with Gasteiger partial charge < -0.3 is 5.73 Å². The van der Waals surface area contributed by atoms with Crippen molar-refractivity contribution in [3.05, 3.63) is 41.1 Å². The average Bonchev–Trinajstić information content (AvgIpc) is 2.18. The highest BCUT2D eigenvalue weighted by Gasteiger charge is 2.07. The third kappa shape index (κ3) is 2.07. The molecular formula is C14H18N2. The van der Waals surface area contributed by atoms with E-state index in [0.29, 0.717) is 0 Å². The number of para-hydroxylation sites is 1. The second-order valence-corrected chi connectivity index (χ2v) is 4.58. The Bertz CT molecular complexity index is 515. The van der Waals surface area contributed by atoms with Crippen LogP contribution in [0, 0.1) is 13.8 Å². The van der Waals surface area contributed by atoms with Crippen LogP contribution in [0.1, 0.15) is 23.7 Å². The van der Waals surface area contributed by atoms with Gasteiger partial charge in [0.05, 0.1) is 5.52 Å². The first-order valence-corrected chi connectivity index (χ1v) is 5.69. The lowest BCUT2D eigenvalue weighted by molar-refractivity contribution is 0.740. The maximum Gasteiger partial charge on any atom is 0.0740 e. The molecule has 2 N–H and O–H groups in total.